The van der Waals surface area contributed by atoms with Crippen LogP contribution >= 0.6 is 0 Å². The highest BCUT2D eigenvalue weighted by Gasteiger charge is 2.09. The van der Waals surface area contributed by atoms with E-state index in [2.05, 4.69) is 9.69 Å². The lowest BCUT2D eigenvalue weighted by Crippen LogP contribution is -1.98. The Kier molecular flexibility index (Phi) is 8.35. The molecule has 0 bridgehead atoms. The molecule has 0 heterocycles. The Bertz CT molecular complexity index is 961. The van der Waals surface area contributed by atoms with Crippen molar-refractivity contribution < 1.29 is 14.2 Å². The van der Waals surface area contributed by atoms with Gasteiger partial charge < -0.3 is 14.2 Å². The van der Waals surface area contributed by atoms with E-state index in [1.54, 1.807) is 12.2 Å². The Morgan fingerprint density at radius 2 is 1.24 bits per heavy atom. The SMILES string of the molecule is [C-]#[N+]C(=Cc1ccc(OCC)cc1)C(=Cc1ccc(OCC)c(OCC)c1)[N+]#[C-]. The maximum absolute atomic E-state index is 7.54. The molecule has 0 aliphatic heterocycles. The van der Waals surface area contributed by atoms with E-state index in [1.807, 2.05) is 63.2 Å². The van der Waals surface area contributed by atoms with Crippen molar-refractivity contribution in [2.45, 2.75) is 20.8 Å². The third-order valence-electron chi connectivity index (χ3n) is 3.87. The van der Waals surface area contributed by atoms with Crippen molar-refractivity contribution in [2.24, 2.45) is 0 Å². The van der Waals surface area contributed by atoms with Crippen LogP contribution in [0, 0.1) is 13.1 Å². The van der Waals surface area contributed by atoms with Crippen molar-refractivity contribution in [3.05, 3.63) is 87.8 Å². The maximum atomic E-state index is 7.54. The van der Waals surface area contributed by atoms with Crippen molar-refractivity contribution in [3.63, 3.8) is 0 Å². The molecule has 0 saturated heterocycles. The number of hydrogen-bond acceptors (Lipinski definition) is 3. The highest BCUT2D eigenvalue weighted by Crippen LogP contribution is 2.30. The fraction of sp³-hybridized carbons (Fsp3) is 0.250. The normalized spacial score (nSPS) is 11.3. The Morgan fingerprint density at radius 3 is 1.79 bits per heavy atom. The molecule has 2 aromatic carbocycles. The van der Waals surface area contributed by atoms with E-state index in [1.165, 1.54) is 0 Å². The molecule has 0 radical (unpaired) electrons. The van der Waals surface area contributed by atoms with Gasteiger partial charge in [-0.3, -0.25) is 9.69 Å². The van der Waals surface area contributed by atoms with E-state index >= 15 is 0 Å². The summed E-state index contributed by atoms with van der Waals surface area (Å²) in [6.07, 6.45) is 3.38. The minimum Gasteiger partial charge on any atom is -0.494 e. The van der Waals surface area contributed by atoms with Crippen LogP contribution in [0.25, 0.3) is 21.8 Å². The number of ether oxygens (including phenoxy) is 3. The van der Waals surface area contributed by atoms with Gasteiger partial charge in [-0.05, 0) is 56.2 Å². The first-order valence-corrected chi connectivity index (χ1v) is 9.46. The molecule has 0 saturated carbocycles. The van der Waals surface area contributed by atoms with E-state index in [-0.39, 0.29) is 11.4 Å². The molecule has 2 aromatic rings. The van der Waals surface area contributed by atoms with Gasteiger partial charge in [0.15, 0.2) is 22.9 Å². The zero-order chi connectivity index (χ0) is 21.1. The molecule has 0 atom stereocenters. The summed E-state index contributed by atoms with van der Waals surface area (Å²) >= 11 is 0. The van der Waals surface area contributed by atoms with Crippen LogP contribution in [0.1, 0.15) is 31.9 Å². The number of rotatable bonds is 9. The third kappa shape index (κ3) is 6.16. The smallest absolute Gasteiger partial charge is 0.195 e. The molecule has 0 aliphatic rings. The second kappa shape index (κ2) is 11.2. The lowest BCUT2D eigenvalue weighted by atomic mass is 10.1. The highest BCUT2D eigenvalue weighted by atomic mass is 16.5. The van der Waals surface area contributed by atoms with Gasteiger partial charge in [0.25, 0.3) is 0 Å². The largest absolute Gasteiger partial charge is 0.494 e. The number of hydrogen-bond donors (Lipinski definition) is 0. The molecular formula is C24H24N2O3. The second-order valence-corrected chi connectivity index (χ2v) is 5.86. The molecule has 0 aliphatic carbocycles. The summed E-state index contributed by atoms with van der Waals surface area (Å²) in [7, 11) is 0. The molecule has 0 amide bonds. The van der Waals surface area contributed by atoms with Crippen LogP contribution in [-0.4, -0.2) is 19.8 Å². The van der Waals surface area contributed by atoms with Crippen molar-refractivity contribution in [2.75, 3.05) is 19.8 Å². The third-order valence-corrected chi connectivity index (χ3v) is 3.87. The standard InChI is InChI=1S/C24H24N2O3/c1-6-27-20-12-9-18(10-13-20)15-21(25-4)22(26-5)16-19-11-14-23(28-7-2)24(17-19)29-8-3/h9-17H,6-8H2,1-3H3. The van der Waals surface area contributed by atoms with Gasteiger partial charge in [-0.2, -0.15) is 0 Å². The summed E-state index contributed by atoms with van der Waals surface area (Å²) < 4.78 is 16.6. The molecule has 0 spiro atoms. The summed E-state index contributed by atoms with van der Waals surface area (Å²) in [5, 5.41) is 0. The van der Waals surface area contributed by atoms with Gasteiger partial charge in [-0.1, -0.05) is 30.4 Å². The summed E-state index contributed by atoms with van der Waals surface area (Å²) in [5.41, 5.74) is 2.14. The summed E-state index contributed by atoms with van der Waals surface area (Å²) in [6.45, 7) is 22.4. The fourth-order valence-corrected chi connectivity index (χ4v) is 2.63. The number of benzene rings is 2. The van der Waals surface area contributed by atoms with Crippen LogP contribution < -0.4 is 14.2 Å². The topological polar surface area (TPSA) is 36.4 Å². The molecule has 0 fully saturated rings. The lowest BCUT2D eigenvalue weighted by Gasteiger charge is -2.11. The zero-order valence-electron chi connectivity index (χ0n) is 16.9. The van der Waals surface area contributed by atoms with Gasteiger partial charge in [0.2, 0.25) is 0 Å². The first kappa shape index (κ1) is 21.6. The number of nitrogens with zero attached hydrogens (tertiary/aromatic N) is 2. The monoisotopic (exact) mass is 388 g/mol. The predicted molar refractivity (Wildman–Crippen MR) is 116 cm³/mol. The molecule has 29 heavy (non-hydrogen) atoms. The van der Waals surface area contributed by atoms with E-state index in [0.29, 0.717) is 31.3 Å². The lowest BCUT2D eigenvalue weighted by molar-refractivity contribution is 0.287. The van der Waals surface area contributed by atoms with Crippen LogP contribution in [0.15, 0.2) is 53.9 Å². The quantitative estimate of drug-likeness (QED) is 0.384. The van der Waals surface area contributed by atoms with Crippen LogP contribution in [-0.2, 0) is 0 Å². The van der Waals surface area contributed by atoms with Gasteiger partial charge in [-0.15, -0.1) is 0 Å². The molecule has 0 N–H and O–H groups in total. The second-order valence-electron chi connectivity index (χ2n) is 5.86. The fourth-order valence-electron chi connectivity index (χ4n) is 2.63. The van der Waals surface area contributed by atoms with Gasteiger partial charge in [0.1, 0.15) is 5.75 Å². The molecule has 5 heteroatoms. The van der Waals surface area contributed by atoms with Gasteiger partial charge in [0, 0.05) is 0 Å². The summed E-state index contributed by atoms with van der Waals surface area (Å²) in [4.78, 5) is 7.12. The minimum atomic E-state index is 0.264. The van der Waals surface area contributed by atoms with Crippen LogP contribution in [0.2, 0.25) is 0 Å². The maximum Gasteiger partial charge on any atom is 0.195 e. The van der Waals surface area contributed by atoms with Gasteiger partial charge in [-0.25, -0.2) is 0 Å². The molecular weight excluding hydrogens is 364 g/mol. The molecule has 2 rings (SSSR count). The molecule has 0 unspecified atom stereocenters. The summed E-state index contributed by atoms with van der Waals surface area (Å²) in [5.74, 6) is 2.05. The van der Waals surface area contributed by atoms with E-state index < -0.39 is 0 Å². The van der Waals surface area contributed by atoms with Gasteiger partial charge in [0.05, 0.1) is 33.0 Å². The average molecular weight is 388 g/mol. The van der Waals surface area contributed by atoms with Crippen molar-refractivity contribution in [3.8, 4) is 17.2 Å². The van der Waals surface area contributed by atoms with Crippen molar-refractivity contribution in [1.82, 2.24) is 0 Å². The Balaban J connectivity index is 2.37. The van der Waals surface area contributed by atoms with Crippen LogP contribution in [0.3, 0.4) is 0 Å². The Labute approximate surface area is 172 Å². The Morgan fingerprint density at radius 1 is 0.724 bits per heavy atom. The van der Waals surface area contributed by atoms with Crippen LogP contribution in [0.5, 0.6) is 17.2 Å². The Hall–Kier alpha value is -3.70. The molecule has 148 valence electrons. The minimum absolute atomic E-state index is 0.264. The first-order valence-electron chi connectivity index (χ1n) is 9.46. The summed E-state index contributed by atoms with van der Waals surface area (Å²) in [6, 6.07) is 12.9. The predicted octanol–water partition coefficient (Wildman–Crippen LogP) is 6.10. The first-order chi connectivity index (χ1) is 14.1. The van der Waals surface area contributed by atoms with E-state index in [0.717, 1.165) is 16.9 Å². The van der Waals surface area contributed by atoms with Crippen LogP contribution in [0.4, 0.5) is 0 Å². The highest BCUT2D eigenvalue weighted by molar-refractivity contribution is 5.70. The molecule has 5 nitrogen and oxygen atoms in total. The van der Waals surface area contributed by atoms with E-state index in [9.17, 15) is 0 Å². The average Bonchev–Trinajstić information content (AvgIpc) is 2.74. The zero-order valence-corrected chi connectivity index (χ0v) is 16.9. The van der Waals surface area contributed by atoms with E-state index in [4.69, 9.17) is 27.4 Å². The van der Waals surface area contributed by atoms with Crippen molar-refractivity contribution in [1.29, 1.82) is 0 Å². The van der Waals surface area contributed by atoms with Crippen molar-refractivity contribution >= 4 is 12.2 Å². The molecule has 0 aromatic heterocycles. The van der Waals surface area contributed by atoms with Gasteiger partial charge >= 0.3 is 0 Å².